The van der Waals surface area contributed by atoms with Crippen molar-refractivity contribution in [3.8, 4) is 0 Å². The Bertz CT molecular complexity index is 735. The third-order valence-corrected chi connectivity index (χ3v) is 8.18. The van der Waals surface area contributed by atoms with Crippen LogP contribution >= 0.6 is 0 Å². The van der Waals surface area contributed by atoms with Crippen LogP contribution in [0, 0.1) is 23.2 Å². The van der Waals surface area contributed by atoms with E-state index < -0.39 is 0 Å². The molecule has 1 aromatic heterocycles. The maximum atomic E-state index is 12.8. The molecule has 0 radical (unpaired) electrons. The zero-order valence-corrected chi connectivity index (χ0v) is 17.2. The Balaban J connectivity index is 1.25. The average Bonchev–Trinajstić information content (AvgIpc) is 3.38. The number of rotatable bonds is 5. The molecule has 1 N–H and O–H groups in total. The quantitative estimate of drug-likeness (QED) is 0.619. The predicted molar refractivity (Wildman–Crippen MR) is 105 cm³/mol. The van der Waals surface area contributed by atoms with Gasteiger partial charge in [-0.25, -0.2) is 0 Å². The number of nitrogens with zero attached hydrogens (tertiary/aromatic N) is 1. The van der Waals surface area contributed by atoms with Gasteiger partial charge in [0, 0.05) is 24.2 Å². The lowest BCUT2D eigenvalue weighted by Crippen LogP contribution is -3.10. The van der Waals surface area contributed by atoms with Crippen molar-refractivity contribution >= 4 is 5.97 Å². The average molecular weight is 386 g/mol. The zero-order valence-electron chi connectivity index (χ0n) is 17.2. The molecule has 28 heavy (non-hydrogen) atoms. The molecule has 0 bridgehead atoms. The second-order valence-electron chi connectivity index (χ2n) is 10.1. The minimum atomic E-state index is 0.0380. The monoisotopic (exact) mass is 385 g/mol. The number of carbonyl (C=O) groups is 1. The molecule has 0 amide bonds. The Morgan fingerprint density at radius 1 is 1.32 bits per heavy atom. The molecule has 0 aromatic carbocycles. The molecular weight excluding hydrogens is 352 g/mol. The van der Waals surface area contributed by atoms with Crippen molar-refractivity contribution in [1.29, 1.82) is 0 Å². The molecule has 3 heterocycles. The maximum Gasteiger partial charge on any atom is 0.315 e. The van der Waals surface area contributed by atoms with Crippen LogP contribution in [0.2, 0.25) is 0 Å². The van der Waals surface area contributed by atoms with Crippen molar-refractivity contribution in [1.82, 2.24) is 4.98 Å². The highest BCUT2D eigenvalue weighted by Crippen LogP contribution is 2.62. The van der Waals surface area contributed by atoms with Crippen molar-refractivity contribution in [2.45, 2.75) is 57.2 Å². The molecule has 2 aliphatic carbocycles. The molecule has 1 aromatic rings. The summed E-state index contributed by atoms with van der Waals surface area (Å²) in [6.07, 6.45) is 8.76. The lowest BCUT2D eigenvalue weighted by molar-refractivity contribution is -0.882. The third kappa shape index (κ3) is 3.17. The minimum Gasteiger partial charge on any atom is -0.462 e. The molecule has 5 rings (SSSR count). The van der Waals surface area contributed by atoms with E-state index in [0.29, 0.717) is 11.8 Å². The van der Waals surface area contributed by atoms with Crippen LogP contribution in [0.3, 0.4) is 0 Å². The molecule has 4 fully saturated rings. The number of fused-ring (bicyclic) bond motifs is 3. The van der Waals surface area contributed by atoms with Crippen LogP contribution in [0.5, 0.6) is 0 Å². The molecule has 4 aliphatic rings. The first-order chi connectivity index (χ1) is 13.5. The van der Waals surface area contributed by atoms with Gasteiger partial charge in [0.1, 0.15) is 12.0 Å². The largest absolute Gasteiger partial charge is 0.462 e. The predicted octanol–water partition coefficient (Wildman–Crippen LogP) is 1.67. The number of carbonyl (C=O) groups excluding carboxylic acids is 1. The van der Waals surface area contributed by atoms with Crippen LogP contribution in [0.25, 0.3) is 0 Å². The summed E-state index contributed by atoms with van der Waals surface area (Å²) < 4.78 is 12.0. The molecule has 1 unspecified atom stereocenters. The second-order valence-corrected chi connectivity index (χ2v) is 10.1. The van der Waals surface area contributed by atoms with Gasteiger partial charge in [-0.3, -0.25) is 9.78 Å². The van der Waals surface area contributed by atoms with E-state index in [2.05, 4.69) is 25.0 Å². The fourth-order valence-corrected chi connectivity index (χ4v) is 6.56. The van der Waals surface area contributed by atoms with E-state index in [4.69, 9.17) is 9.47 Å². The summed E-state index contributed by atoms with van der Waals surface area (Å²) in [6, 6.07) is 6.07. The molecular formula is C23H33N2O3+. The van der Waals surface area contributed by atoms with Crippen molar-refractivity contribution in [3.63, 3.8) is 0 Å². The summed E-state index contributed by atoms with van der Waals surface area (Å²) in [5, 5.41) is 0. The second kappa shape index (κ2) is 6.81. The van der Waals surface area contributed by atoms with E-state index in [9.17, 15) is 4.79 Å². The van der Waals surface area contributed by atoms with Crippen LogP contribution in [0.15, 0.2) is 24.4 Å². The number of quaternary nitrogens is 1. The van der Waals surface area contributed by atoms with E-state index in [0.717, 1.165) is 44.7 Å². The highest BCUT2D eigenvalue weighted by Gasteiger charge is 2.65. The van der Waals surface area contributed by atoms with Gasteiger partial charge in [0.15, 0.2) is 0 Å². The zero-order chi connectivity index (χ0) is 19.4. The van der Waals surface area contributed by atoms with Gasteiger partial charge in [0.2, 0.25) is 0 Å². The van der Waals surface area contributed by atoms with Crippen LogP contribution in [-0.2, 0) is 20.7 Å². The van der Waals surface area contributed by atoms with Crippen molar-refractivity contribution in [2.75, 3.05) is 26.7 Å². The van der Waals surface area contributed by atoms with Gasteiger partial charge >= 0.3 is 5.97 Å². The number of hydrogen-bond acceptors (Lipinski definition) is 4. The summed E-state index contributed by atoms with van der Waals surface area (Å²) in [7, 11) is 2.20. The van der Waals surface area contributed by atoms with Crippen molar-refractivity contribution < 1.29 is 19.2 Å². The van der Waals surface area contributed by atoms with Gasteiger partial charge in [-0.15, -0.1) is 0 Å². The lowest BCUT2D eigenvalue weighted by atomic mass is 9.53. The number of ether oxygens (including phenoxy) is 2. The third-order valence-electron chi connectivity index (χ3n) is 8.18. The number of pyridine rings is 1. The normalized spacial score (nSPS) is 42.6. The van der Waals surface area contributed by atoms with Gasteiger partial charge in [0.05, 0.1) is 32.3 Å². The Morgan fingerprint density at radius 3 is 2.93 bits per heavy atom. The molecule has 1 spiro atoms. The number of likely N-dealkylation sites (N-methyl/N-ethyl adjacent to an activating group) is 1. The van der Waals surface area contributed by atoms with E-state index in [-0.39, 0.29) is 29.0 Å². The molecule has 2 saturated carbocycles. The maximum absolute atomic E-state index is 12.8. The summed E-state index contributed by atoms with van der Waals surface area (Å²) in [5.74, 6) is 1.05. The number of aromatic nitrogens is 1. The van der Waals surface area contributed by atoms with E-state index in [1.54, 1.807) is 0 Å². The van der Waals surface area contributed by atoms with E-state index in [1.165, 1.54) is 24.2 Å². The lowest BCUT2D eigenvalue weighted by Gasteiger charge is -2.51. The molecule has 5 heteroatoms. The molecule has 2 aliphatic heterocycles. The van der Waals surface area contributed by atoms with Crippen LogP contribution in [0.1, 0.15) is 44.7 Å². The molecule has 5 nitrogen and oxygen atoms in total. The van der Waals surface area contributed by atoms with Gasteiger partial charge in [-0.1, -0.05) is 13.0 Å². The topological polar surface area (TPSA) is 56.2 Å². The van der Waals surface area contributed by atoms with Crippen LogP contribution < -0.4 is 4.90 Å². The van der Waals surface area contributed by atoms with Gasteiger partial charge in [0.25, 0.3) is 0 Å². The summed E-state index contributed by atoms with van der Waals surface area (Å²) in [5.41, 5.74) is 1.53. The summed E-state index contributed by atoms with van der Waals surface area (Å²) >= 11 is 0. The number of nitrogens with one attached hydrogen (secondary N) is 1. The van der Waals surface area contributed by atoms with Gasteiger partial charge < -0.3 is 14.4 Å². The number of hydrogen-bond donors (Lipinski definition) is 1. The first-order valence-electron chi connectivity index (χ1n) is 11.0. The highest BCUT2D eigenvalue weighted by atomic mass is 16.6. The fourth-order valence-electron chi connectivity index (χ4n) is 6.56. The summed E-state index contributed by atoms with van der Waals surface area (Å²) in [4.78, 5) is 18.6. The van der Waals surface area contributed by atoms with Gasteiger partial charge in [-0.2, -0.15) is 0 Å². The highest BCUT2D eigenvalue weighted by molar-refractivity contribution is 5.75. The Kier molecular flexibility index (Phi) is 4.51. The molecule has 152 valence electrons. The Hall–Kier alpha value is -1.46. The first kappa shape index (κ1) is 18.6. The van der Waals surface area contributed by atoms with Crippen molar-refractivity contribution in [3.05, 3.63) is 30.1 Å². The molecule has 2 saturated heterocycles. The Morgan fingerprint density at radius 2 is 2.18 bits per heavy atom. The first-order valence-corrected chi connectivity index (χ1v) is 11.0. The number of epoxide rings is 1. The standard InChI is InChI=1S/C23H32N2O3/c1-22-8-5-9-23(15-27-23)20(22)12-17-18(21(26)28-19(17)13-22)14-25(2)11-7-16-6-3-4-10-24-16/h3-4,6,10,17-20H,5,7-9,11-15H2,1-2H3/p+1/t17-,18-,19-,20-,22-,23+/m1/s1. The summed E-state index contributed by atoms with van der Waals surface area (Å²) in [6.45, 7) is 5.21. The number of esters is 1. The molecule has 7 atom stereocenters. The van der Waals surface area contributed by atoms with E-state index in [1.807, 2.05) is 18.3 Å². The SMILES string of the molecule is C[NH+](CCc1ccccn1)C[C@H]1C(=O)O[C@@H]2C[C@@]3(C)CCC[C@]4(CO4)[C@@H]3C[C@@H]21. The van der Waals surface area contributed by atoms with Gasteiger partial charge in [-0.05, 0) is 55.6 Å². The van der Waals surface area contributed by atoms with Crippen molar-refractivity contribution in [2.24, 2.45) is 23.2 Å². The Labute approximate surface area is 167 Å². The fraction of sp³-hybridized carbons (Fsp3) is 0.739. The van der Waals surface area contributed by atoms with Crippen LogP contribution in [0.4, 0.5) is 0 Å². The smallest absolute Gasteiger partial charge is 0.315 e. The van der Waals surface area contributed by atoms with E-state index >= 15 is 0 Å². The minimum absolute atomic E-state index is 0.0380. The van der Waals surface area contributed by atoms with Crippen LogP contribution in [-0.4, -0.2) is 49.4 Å².